The molecule has 0 bridgehead atoms. The molecule has 3 aromatic heterocycles. The summed E-state index contributed by atoms with van der Waals surface area (Å²) in [5.41, 5.74) is 0.907. The molecule has 0 amide bonds. The van der Waals surface area contributed by atoms with Crippen LogP contribution < -0.4 is 0 Å². The first-order valence-electron chi connectivity index (χ1n) is 4.52. The summed E-state index contributed by atoms with van der Waals surface area (Å²) < 4.78 is 2.05. The van der Waals surface area contributed by atoms with Crippen LogP contribution in [0.25, 0.3) is 16.0 Å². The summed E-state index contributed by atoms with van der Waals surface area (Å²) in [6, 6.07) is 7.89. The molecule has 4 heteroatoms. The lowest BCUT2D eigenvalue weighted by Crippen LogP contribution is -1.89. The fraction of sp³-hybridized carbons (Fsp3) is 0. The Morgan fingerprint density at radius 3 is 3.00 bits per heavy atom. The number of hydrogen-bond donors (Lipinski definition) is 0. The third kappa shape index (κ3) is 1.35. The van der Waals surface area contributed by atoms with E-state index in [0.717, 1.165) is 21.1 Å². The van der Waals surface area contributed by atoms with Gasteiger partial charge in [-0.2, -0.15) is 0 Å². The Morgan fingerprint density at radius 2 is 2.20 bits per heavy atom. The Labute approximate surface area is 95.8 Å². The zero-order valence-electron chi connectivity index (χ0n) is 7.72. The second-order valence-corrected chi connectivity index (χ2v) is 4.50. The second kappa shape index (κ2) is 3.36. The maximum atomic E-state index is 6.08. The van der Waals surface area contributed by atoms with Gasteiger partial charge >= 0.3 is 0 Å². The fourth-order valence-electron chi connectivity index (χ4n) is 1.59. The highest BCUT2D eigenvalue weighted by atomic mass is 35.5. The highest BCUT2D eigenvalue weighted by Gasteiger charge is 2.06. The van der Waals surface area contributed by atoms with E-state index in [1.165, 1.54) is 0 Å². The first-order chi connectivity index (χ1) is 7.36. The van der Waals surface area contributed by atoms with Crippen molar-refractivity contribution in [3.8, 4) is 5.00 Å². The maximum absolute atomic E-state index is 6.08. The molecule has 3 heterocycles. The van der Waals surface area contributed by atoms with Gasteiger partial charge in [-0.1, -0.05) is 11.6 Å². The summed E-state index contributed by atoms with van der Waals surface area (Å²) in [6.07, 6.45) is 3.73. The number of pyridine rings is 1. The molecule has 0 saturated heterocycles. The minimum absolute atomic E-state index is 0.746. The normalized spacial score (nSPS) is 11.0. The highest BCUT2D eigenvalue weighted by Crippen LogP contribution is 2.26. The van der Waals surface area contributed by atoms with Crippen LogP contribution >= 0.6 is 22.9 Å². The van der Waals surface area contributed by atoms with Gasteiger partial charge in [0, 0.05) is 17.8 Å². The Kier molecular flexibility index (Phi) is 2.01. The van der Waals surface area contributed by atoms with Gasteiger partial charge in [-0.25, -0.2) is 4.98 Å². The van der Waals surface area contributed by atoms with Gasteiger partial charge in [0.25, 0.3) is 0 Å². The van der Waals surface area contributed by atoms with Crippen molar-refractivity contribution in [1.82, 2.24) is 9.55 Å². The molecule has 2 nitrogen and oxygen atoms in total. The van der Waals surface area contributed by atoms with E-state index in [1.54, 1.807) is 17.5 Å². The monoisotopic (exact) mass is 234 g/mol. The largest absolute Gasteiger partial charge is 0.292 e. The molecular formula is C11H7ClN2S. The molecule has 0 aliphatic carbocycles. The van der Waals surface area contributed by atoms with Gasteiger partial charge in [0.05, 0.1) is 5.02 Å². The third-order valence-electron chi connectivity index (χ3n) is 2.28. The average Bonchev–Trinajstić information content (AvgIpc) is 2.85. The van der Waals surface area contributed by atoms with E-state index >= 15 is 0 Å². The molecule has 0 aliphatic rings. The molecule has 0 aliphatic heterocycles. The molecule has 3 aromatic rings. The van der Waals surface area contributed by atoms with Gasteiger partial charge in [0.2, 0.25) is 0 Å². The first-order valence-corrected chi connectivity index (χ1v) is 5.77. The minimum Gasteiger partial charge on any atom is -0.292 e. The van der Waals surface area contributed by atoms with Crippen LogP contribution in [0.3, 0.4) is 0 Å². The molecule has 0 atom stereocenters. The van der Waals surface area contributed by atoms with Crippen molar-refractivity contribution in [2.45, 2.75) is 0 Å². The topological polar surface area (TPSA) is 17.8 Å². The van der Waals surface area contributed by atoms with E-state index in [0.29, 0.717) is 0 Å². The number of aromatic nitrogens is 2. The molecule has 3 rings (SSSR count). The Bertz CT molecular complexity index is 598. The molecule has 0 radical (unpaired) electrons. The molecule has 74 valence electrons. The van der Waals surface area contributed by atoms with Crippen LogP contribution in [0.5, 0.6) is 0 Å². The van der Waals surface area contributed by atoms with Crippen LogP contribution in [-0.2, 0) is 0 Å². The van der Waals surface area contributed by atoms with Crippen LogP contribution in [0.2, 0.25) is 5.02 Å². The highest BCUT2D eigenvalue weighted by molar-refractivity contribution is 7.12. The standard InChI is InChI=1S/C11H7ClN2S/c12-9-3-5-13-11-8(9)4-6-14(11)10-2-1-7-15-10/h1-7H. The van der Waals surface area contributed by atoms with Crippen LogP contribution in [0, 0.1) is 0 Å². The van der Waals surface area contributed by atoms with E-state index in [9.17, 15) is 0 Å². The summed E-state index contributed by atoms with van der Waals surface area (Å²) in [4.78, 5) is 4.34. The number of fused-ring (bicyclic) bond motifs is 1. The number of rotatable bonds is 1. The molecule has 0 N–H and O–H groups in total. The number of nitrogens with zero attached hydrogens (tertiary/aromatic N) is 2. The van der Waals surface area contributed by atoms with E-state index < -0.39 is 0 Å². The smallest absolute Gasteiger partial charge is 0.146 e. The SMILES string of the molecule is Clc1ccnc2c1ccn2-c1cccs1. The predicted octanol–water partition coefficient (Wildman–Crippen LogP) is 3.74. The van der Waals surface area contributed by atoms with E-state index in [4.69, 9.17) is 11.6 Å². The van der Waals surface area contributed by atoms with E-state index in [2.05, 4.69) is 11.1 Å². The lowest BCUT2D eigenvalue weighted by Gasteiger charge is -2.00. The fourth-order valence-corrected chi connectivity index (χ4v) is 2.51. The molecule has 0 spiro atoms. The second-order valence-electron chi connectivity index (χ2n) is 3.17. The zero-order valence-corrected chi connectivity index (χ0v) is 9.29. The van der Waals surface area contributed by atoms with Crippen molar-refractivity contribution in [1.29, 1.82) is 0 Å². The zero-order chi connectivity index (χ0) is 10.3. The maximum Gasteiger partial charge on any atom is 0.146 e. The molecule has 0 fully saturated rings. The Hall–Kier alpha value is -1.32. The van der Waals surface area contributed by atoms with Gasteiger partial charge in [-0.3, -0.25) is 4.57 Å². The van der Waals surface area contributed by atoms with Crippen molar-refractivity contribution >= 4 is 34.0 Å². The van der Waals surface area contributed by atoms with Gasteiger partial charge in [-0.15, -0.1) is 11.3 Å². The summed E-state index contributed by atoms with van der Waals surface area (Å²) in [5, 5.41) is 4.94. The third-order valence-corrected chi connectivity index (χ3v) is 3.48. The minimum atomic E-state index is 0.746. The lowest BCUT2D eigenvalue weighted by atomic mass is 10.3. The summed E-state index contributed by atoms with van der Waals surface area (Å²) in [5.74, 6) is 0. The molecule has 0 unspecified atom stereocenters. The Morgan fingerprint density at radius 1 is 1.27 bits per heavy atom. The van der Waals surface area contributed by atoms with Crippen molar-refractivity contribution in [3.05, 3.63) is 47.1 Å². The quantitative estimate of drug-likeness (QED) is 0.627. The number of thiophene rings is 1. The first kappa shape index (κ1) is 8.95. The molecular weight excluding hydrogens is 228 g/mol. The van der Waals surface area contributed by atoms with Gasteiger partial charge in [-0.05, 0) is 29.6 Å². The molecule has 0 saturated carbocycles. The summed E-state index contributed by atoms with van der Waals surface area (Å²) >= 11 is 7.76. The molecule has 0 aromatic carbocycles. The molecule has 15 heavy (non-hydrogen) atoms. The van der Waals surface area contributed by atoms with Gasteiger partial charge in [0.1, 0.15) is 10.6 Å². The van der Waals surface area contributed by atoms with Crippen LogP contribution in [0.1, 0.15) is 0 Å². The van der Waals surface area contributed by atoms with Gasteiger partial charge < -0.3 is 0 Å². The average molecular weight is 235 g/mol. The van der Waals surface area contributed by atoms with Crippen molar-refractivity contribution < 1.29 is 0 Å². The van der Waals surface area contributed by atoms with Crippen LogP contribution in [0.4, 0.5) is 0 Å². The summed E-state index contributed by atoms with van der Waals surface area (Å²) in [7, 11) is 0. The lowest BCUT2D eigenvalue weighted by molar-refractivity contribution is 1.12. The van der Waals surface area contributed by atoms with E-state index in [-0.39, 0.29) is 0 Å². The van der Waals surface area contributed by atoms with Crippen LogP contribution in [0.15, 0.2) is 42.0 Å². The van der Waals surface area contributed by atoms with E-state index in [1.807, 2.05) is 34.3 Å². The number of hydrogen-bond acceptors (Lipinski definition) is 2. The predicted molar refractivity (Wildman–Crippen MR) is 64.0 cm³/mol. The van der Waals surface area contributed by atoms with Crippen LogP contribution in [-0.4, -0.2) is 9.55 Å². The Balaban J connectivity index is 2.34. The van der Waals surface area contributed by atoms with Crippen molar-refractivity contribution in [2.24, 2.45) is 0 Å². The summed E-state index contributed by atoms with van der Waals surface area (Å²) in [6.45, 7) is 0. The number of halogens is 1. The van der Waals surface area contributed by atoms with Crippen molar-refractivity contribution in [3.63, 3.8) is 0 Å². The van der Waals surface area contributed by atoms with Gasteiger partial charge in [0.15, 0.2) is 0 Å². The van der Waals surface area contributed by atoms with Crippen molar-refractivity contribution in [2.75, 3.05) is 0 Å².